The molecule has 0 saturated carbocycles. The number of aromatic nitrogens is 4. The Balaban J connectivity index is 1.49. The number of benzene rings is 2. The molecular weight excluding hydrogens is 483 g/mol. The Morgan fingerprint density at radius 3 is 2.62 bits per heavy atom. The molecule has 0 aliphatic heterocycles. The molecule has 4 aromatic rings. The van der Waals surface area contributed by atoms with E-state index < -0.39 is 0 Å². The van der Waals surface area contributed by atoms with E-state index in [-0.39, 0.29) is 6.10 Å². The van der Waals surface area contributed by atoms with Crippen molar-refractivity contribution in [1.29, 1.82) is 0 Å². The highest BCUT2D eigenvalue weighted by Crippen LogP contribution is 2.33. The molecule has 0 radical (unpaired) electrons. The lowest BCUT2D eigenvalue weighted by Crippen LogP contribution is -2.12. The first kappa shape index (κ1) is 22.9. The van der Waals surface area contributed by atoms with E-state index in [9.17, 15) is 0 Å². The topological polar surface area (TPSA) is 52.8 Å². The van der Waals surface area contributed by atoms with Crippen LogP contribution in [0.5, 0.6) is 5.75 Å². The van der Waals surface area contributed by atoms with Gasteiger partial charge in [0, 0.05) is 23.2 Å². The molecule has 0 aliphatic rings. The molecule has 5 nitrogen and oxygen atoms in total. The average Bonchev–Trinajstić information content (AvgIpc) is 3.42. The standard InChI is InChI=1S/C23H20Cl2N4OS2/c1-3-12-29-21(15(2)30-20-11-7-6-10-19(20)25)27-28-23(29)32-14-16-13-31-22(26-16)17-8-4-5-9-18(17)24/h3-11,13,15H,1,12,14H2,2H3. The number of rotatable bonds is 9. The molecule has 164 valence electrons. The molecule has 2 aromatic heterocycles. The van der Waals surface area contributed by atoms with Gasteiger partial charge in [0.2, 0.25) is 0 Å². The first-order valence-electron chi connectivity index (χ1n) is 9.84. The fourth-order valence-electron chi connectivity index (χ4n) is 3.06. The maximum Gasteiger partial charge on any atom is 0.192 e. The van der Waals surface area contributed by atoms with Gasteiger partial charge in [-0.15, -0.1) is 28.1 Å². The summed E-state index contributed by atoms with van der Waals surface area (Å²) in [6.07, 6.45) is 1.49. The second kappa shape index (κ2) is 10.5. The highest BCUT2D eigenvalue weighted by molar-refractivity contribution is 7.98. The lowest BCUT2D eigenvalue weighted by atomic mass is 10.2. The van der Waals surface area contributed by atoms with Crippen molar-refractivity contribution in [1.82, 2.24) is 19.7 Å². The minimum Gasteiger partial charge on any atom is -0.481 e. The van der Waals surface area contributed by atoms with Crippen LogP contribution in [0.15, 0.2) is 71.7 Å². The van der Waals surface area contributed by atoms with Crippen LogP contribution in [0.3, 0.4) is 0 Å². The van der Waals surface area contributed by atoms with Crippen molar-refractivity contribution in [3.63, 3.8) is 0 Å². The SMILES string of the molecule is C=CCn1c(SCc2csc(-c3ccccc3Cl)n2)nnc1C(C)Oc1ccccc1Cl. The molecule has 0 bridgehead atoms. The first-order chi connectivity index (χ1) is 15.6. The maximum absolute atomic E-state index is 6.31. The Hall–Kier alpha value is -2.32. The van der Waals surface area contributed by atoms with Gasteiger partial charge in [-0.25, -0.2) is 4.98 Å². The fraction of sp³-hybridized carbons (Fsp3) is 0.174. The maximum atomic E-state index is 6.31. The number of hydrogen-bond donors (Lipinski definition) is 0. The van der Waals surface area contributed by atoms with Gasteiger partial charge in [0.15, 0.2) is 17.1 Å². The molecule has 0 spiro atoms. The number of hydrogen-bond acceptors (Lipinski definition) is 6. The zero-order chi connectivity index (χ0) is 22.5. The number of allylic oxidation sites excluding steroid dienone is 1. The molecular formula is C23H20Cl2N4OS2. The Bertz CT molecular complexity index is 1220. The van der Waals surface area contributed by atoms with Crippen molar-refractivity contribution in [2.24, 2.45) is 0 Å². The van der Waals surface area contributed by atoms with Crippen molar-refractivity contribution >= 4 is 46.3 Å². The molecule has 9 heteroatoms. The van der Waals surface area contributed by atoms with Crippen LogP contribution >= 0.6 is 46.3 Å². The van der Waals surface area contributed by atoms with Crippen LogP contribution in [-0.2, 0) is 12.3 Å². The summed E-state index contributed by atoms with van der Waals surface area (Å²) in [6.45, 7) is 6.37. The van der Waals surface area contributed by atoms with Gasteiger partial charge < -0.3 is 4.74 Å². The van der Waals surface area contributed by atoms with E-state index in [4.69, 9.17) is 32.9 Å². The van der Waals surface area contributed by atoms with Crippen molar-refractivity contribution in [2.45, 2.75) is 30.5 Å². The van der Waals surface area contributed by atoms with Gasteiger partial charge in [-0.3, -0.25) is 4.57 Å². The third-order valence-electron chi connectivity index (χ3n) is 4.57. The number of para-hydroxylation sites is 1. The molecule has 1 unspecified atom stereocenters. The predicted octanol–water partition coefficient (Wildman–Crippen LogP) is 7.33. The fourth-order valence-corrected chi connectivity index (χ4v) is 5.33. The third kappa shape index (κ3) is 5.18. The van der Waals surface area contributed by atoms with E-state index in [2.05, 4.69) is 16.8 Å². The van der Waals surface area contributed by atoms with Gasteiger partial charge in [-0.2, -0.15) is 0 Å². The van der Waals surface area contributed by atoms with Crippen LogP contribution in [0.2, 0.25) is 10.0 Å². The Morgan fingerprint density at radius 2 is 1.88 bits per heavy atom. The van der Waals surface area contributed by atoms with Crippen LogP contribution in [0.25, 0.3) is 10.6 Å². The second-order valence-electron chi connectivity index (χ2n) is 6.84. The van der Waals surface area contributed by atoms with E-state index in [1.165, 1.54) is 0 Å². The smallest absolute Gasteiger partial charge is 0.192 e. The third-order valence-corrected chi connectivity index (χ3v) is 7.13. The summed E-state index contributed by atoms with van der Waals surface area (Å²) in [5.74, 6) is 1.98. The molecule has 0 aliphatic carbocycles. The normalized spacial score (nSPS) is 12.0. The summed E-state index contributed by atoms with van der Waals surface area (Å²) in [6, 6.07) is 15.1. The van der Waals surface area contributed by atoms with Gasteiger partial charge in [0.25, 0.3) is 0 Å². The van der Waals surface area contributed by atoms with Crippen LogP contribution < -0.4 is 4.74 Å². The molecule has 4 rings (SSSR count). The summed E-state index contributed by atoms with van der Waals surface area (Å²) in [5, 5.41) is 13.7. The van der Waals surface area contributed by atoms with Gasteiger partial charge in [-0.1, -0.05) is 71.4 Å². The summed E-state index contributed by atoms with van der Waals surface area (Å²) >= 11 is 15.7. The molecule has 2 aromatic carbocycles. The largest absolute Gasteiger partial charge is 0.481 e. The van der Waals surface area contributed by atoms with E-state index in [0.717, 1.165) is 21.4 Å². The van der Waals surface area contributed by atoms with Gasteiger partial charge in [0.05, 0.1) is 15.7 Å². The minimum absolute atomic E-state index is 0.331. The quantitative estimate of drug-likeness (QED) is 0.177. The summed E-state index contributed by atoms with van der Waals surface area (Å²) in [7, 11) is 0. The molecule has 0 amide bonds. The van der Waals surface area contributed by atoms with E-state index in [1.807, 2.05) is 65.4 Å². The number of nitrogens with zero attached hydrogens (tertiary/aromatic N) is 4. The Morgan fingerprint density at radius 1 is 1.12 bits per heavy atom. The Kier molecular flexibility index (Phi) is 7.52. The molecule has 0 fully saturated rings. The van der Waals surface area contributed by atoms with Crippen molar-refractivity contribution in [2.75, 3.05) is 0 Å². The minimum atomic E-state index is -0.331. The number of thioether (sulfide) groups is 1. The number of halogens is 2. The lowest BCUT2D eigenvalue weighted by molar-refractivity contribution is 0.210. The first-order valence-corrected chi connectivity index (χ1v) is 12.5. The lowest BCUT2D eigenvalue weighted by Gasteiger charge is -2.16. The van der Waals surface area contributed by atoms with Gasteiger partial charge in [0.1, 0.15) is 10.8 Å². The highest BCUT2D eigenvalue weighted by Gasteiger charge is 2.20. The summed E-state index contributed by atoms with van der Waals surface area (Å²) < 4.78 is 8.04. The molecule has 2 heterocycles. The van der Waals surface area contributed by atoms with E-state index >= 15 is 0 Å². The molecule has 0 saturated heterocycles. The van der Waals surface area contributed by atoms with Crippen molar-refractivity contribution in [3.8, 4) is 16.3 Å². The van der Waals surface area contributed by atoms with Crippen LogP contribution in [-0.4, -0.2) is 19.7 Å². The van der Waals surface area contributed by atoms with Crippen molar-refractivity contribution < 1.29 is 4.74 Å². The van der Waals surface area contributed by atoms with E-state index in [0.29, 0.717) is 33.9 Å². The Labute approximate surface area is 205 Å². The van der Waals surface area contributed by atoms with Crippen LogP contribution in [0.4, 0.5) is 0 Å². The molecule has 32 heavy (non-hydrogen) atoms. The number of ether oxygens (including phenoxy) is 1. The number of thiazole rings is 1. The van der Waals surface area contributed by atoms with Crippen LogP contribution in [0.1, 0.15) is 24.5 Å². The summed E-state index contributed by atoms with van der Waals surface area (Å²) in [5.41, 5.74) is 1.91. The van der Waals surface area contributed by atoms with Crippen molar-refractivity contribution in [3.05, 3.63) is 88.1 Å². The molecule has 0 N–H and O–H groups in total. The summed E-state index contributed by atoms with van der Waals surface area (Å²) in [4.78, 5) is 4.74. The van der Waals surface area contributed by atoms with Gasteiger partial charge >= 0.3 is 0 Å². The zero-order valence-corrected chi connectivity index (χ0v) is 20.4. The van der Waals surface area contributed by atoms with Crippen LogP contribution in [0, 0.1) is 0 Å². The molecule has 1 atom stereocenters. The average molecular weight is 503 g/mol. The highest BCUT2D eigenvalue weighted by atomic mass is 35.5. The monoisotopic (exact) mass is 502 g/mol. The van der Waals surface area contributed by atoms with Gasteiger partial charge in [-0.05, 0) is 25.1 Å². The zero-order valence-electron chi connectivity index (χ0n) is 17.2. The predicted molar refractivity (Wildman–Crippen MR) is 133 cm³/mol. The van der Waals surface area contributed by atoms with E-state index in [1.54, 1.807) is 29.2 Å². The second-order valence-corrected chi connectivity index (χ2v) is 9.46.